The average molecular weight is 529 g/mol. The molecule has 0 unspecified atom stereocenters. The molecule has 1 aromatic carbocycles. The van der Waals surface area contributed by atoms with E-state index >= 15 is 0 Å². The smallest absolute Gasteiger partial charge is 0.259 e. The molecule has 1 N–H and O–H groups in total. The van der Waals surface area contributed by atoms with Crippen LogP contribution in [0.15, 0.2) is 36.7 Å². The van der Waals surface area contributed by atoms with Crippen LogP contribution in [-0.4, -0.2) is 68.0 Å². The fourth-order valence-corrected chi connectivity index (χ4v) is 4.91. The highest BCUT2D eigenvalue weighted by atomic mass is 35.5. The normalized spacial score (nSPS) is 17.7. The van der Waals surface area contributed by atoms with Crippen molar-refractivity contribution in [2.45, 2.75) is 31.7 Å². The number of nitrogens with zero attached hydrogens (tertiary/aromatic N) is 7. The molecule has 1 aliphatic heterocycles. The van der Waals surface area contributed by atoms with Crippen molar-refractivity contribution < 1.29 is 18.3 Å². The predicted molar refractivity (Wildman–Crippen MR) is 132 cm³/mol. The minimum Gasteiger partial charge on any atom is -0.378 e. The van der Waals surface area contributed by atoms with Gasteiger partial charge in [0, 0.05) is 43.4 Å². The van der Waals surface area contributed by atoms with Crippen LogP contribution < -0.4 is 10.2 Å². The lowest BCUT2D eigenvalue weighted by Crippen LogP contribution is -2.38. The number of nitrogens with one attached hydrogen (secondary N) is 1. The van der Waals surface area contributed by atoms with Gasteiger partial charge < -0.3 is 15.0 Å². The van der Waals surface area contributed by atoms with E-state index in [-0.39, 0.29) is 24.6 Å². The molecule has 2 fully saturated rings. The SMILES string of the molecule is Cc1cc(Cl)c(NC(=O)c2cnn3ccc(N4CCOCC4)cc23)cc1-c1nnn(C2CC(F)(F)C2)n1. The average Bonchev–Trinajstić information content (AvgIpc) is 3.52. The van der Waals surface area contributed by atoms with Crippen molar-refractivity contribution in [3.05, 3.63) is 52.8 Å². The Morgan fingerprint density at radius 1 is 1.22 bits per heavy atom. The molecule has 1 saturated carbocycles. The number of aromatic nitrogens is 6. The van der Waals surface area contributed by atoms with Gasteiger partial charge >= 0.3 is 0 Å². The van der Waals surface area contributed by atoms with Gasteiger partial charge in [-0.1, -0.05) is 11.6 Å². The van der Waals surface area contributed by atoms with Gasteiger partial charge in [0.2, 0.25) is 5.82 Å². The first-order valence-corrected chi connectivity index (χ1v) is 12.2. The highest BCUT2D eigenvalue weighted by molar-refractivity contribution is 6.34. The van der Waals surface area contributed by atoms with Crippen LogP contribution >= 0.6 is 11.6 Å². The summed E-state index contributed by atoms with van der Waals surface area (Å²) in [5.74, 6) is -2.79. The third-order valence-corrected chi connectivity index (χ3v) is 7.07. The van der Waals surface area contributed by atoms with Gasteiger partial charge in [-0.25, -0.2) is 13.3 Å². The summed E-state index contributed by atoms with van der Waals surface area (Å²) in [7, 11) is 0. The first-order chi connectivity index (χ1) is 17.8. The molecule has 0 bridgehead atoms. The molecular weight excluding hydrogens is 506 g/mol. The molecule has 2 aliphatic rings. The summed E-state index contributed by atoms with van der Waals surface area (Å²) in [6, 6.07) is 6.76. The summed E-state index contributed by atoms with van der Waals surface area (Å²) < 4.78 is 33.6. The van der Waals surface area contributed by atoms with Crippen LogP contribution in [-0.2, 0) is 4.74 Å². The Morgan fingerprint density at radius 2 is 2.00 bits per heavy atom. The summed E-state index contributed by atoms with van der Waals surface area (Å²) in [5.41, 5.74) is 3.75. The standard InChI is InChI=1S/C24H23ClF2N8O2/c1-14-8-19(25)20(10-17(14)22-30-32-35(31-22)16-11-24(26,27)12-16)29-23(36)18-13-28-34-3-2-15(9-21(18)34)33-4-6-37-7-5-33/h2-3,8-10,13,16H,4-7,11-12H2,1H3,(H,29,36). The summed E-state index contributed by atoms with van der Waals surface area (Å²) in [5, 5.41) is 19.8. The van der Waals surface area contributed by atoms with Crippen LogP contribution in [0.25, 0.3) is 16.9 Å². The molecule has 6 rings (SSSR count). The van der Waals surface area contributed by atoms with Crippen LogP contribution in [0.3, 0.4) is 0 Å². The monoisotopic (exact) mass is 528 g/mol. The minimum absolute atomic E-state index is 0.269. The molecule has 0 radical (unpaired) electrons. The Balaban J connectivity index is 1.26. The number of hydrogen-bond acceptors (Lipinski definition) is 7. The zero-order valence-corrected chi connectivity index (χ0v) is 20.6. The lowest BCUT2D eigenvalue weighted by molar-refractivity contribution is -0.110. The molecule has 4 heterocycles. The number of carbonyl (C=O) groups is 1. The number of halogens is 3. The zero-order chi connectivity index (χ0) is 25.7. The van der Waals surface area contributed by atoms with Gasteiger partial charge in [-0.15, -0.1) is 10.2 Å². The number of fused-ring (bicyclic) bond motifs is 1. The molecule has 1 amide bonds. The number of carbonyl (C=O) groups excluding carboxylic acids is 1. The van der Waals surface area contributed by atoms with Crippen LogP contribution in [0.2, 0.25) is 5.02 Å². The highest BCUT2D eigenvalue weighted by Gasteiger charge is 2.47. The van der Waals surface area contributed by atoms with E-state index < -0.39 is 12.0 Å². The van der Waals surface area contributed by atoms with Gasteiger partial charge in [-0.05, 0) is 42.0 Å². The van der Waals surface area contributed by atoms with E-state index in [9.17, 15) is 13.6 Å². The maximum absolute atomic E-state index is 13.3. The molecule has 1 aliphatic carbocycles. The van der Waals surface area contributed by atoms with E-state index in [1.807, 2.05) is 25.3 Å². The molecule has 37 heavy (non-hydrogen) atoms. The maximum Gasteiger partial charge on any atom is 0.259 e. The van der Waals surface area contributed by atoms with Crippen molar-refractivity contribution in [2.75, 3.05) is 36.5 Å². The van der Waals surface area contributed by atoms with Crippen molar-refractivity contribution in [3.8, 4) is 11.4 Å². The predicted octanol–water partition coefficient (Wildman–Crippen LogP) is 4.01. The van der Waals surface area contributed by atoms with Crippen molar-refractivity contribution in [3.63, 3.8) is 0 Å². The molecule has 0 spiro atoms. The molecule has 4 aromatic rings. The van der Waals surface area contributed by atoms with Gasteiger partial charge in [-0.3, -0.25) is 4.79 Å². The van der Waals surface area contributed by atoms with E-state index in [2.05, 4.69) is 30.7 Å². The third-order valence-electron chi connectivity index (χ3n) is 6.75. The van der Waals surface area contributed by atoms with E-state index in [1.54, 1.807) is 16.6 Å². The van der Waals surface area contributed by atoms with E-state index in [0.717, 1.165) is 24.3 Å². The number of pyridine rings is 1. The zero-order valence-electron chi connectivity index (χ0n) is 19.9. The van der Waals surface area contributed by atoms with Gasteiger partial charge in [0.1, 0.15) is 0 Å². The number of aryl methyl sites for hydroxylation is 1. The first-order valence-electron chi connectivity index (χ1n) is 11.9. The van der Waals surface area contributed by atoms with Gasteiger partial charge in [0.15, 0.2) is 0 Å². The Bertz CT molecular complexity index is 1490. The number of anilines is 2. The fraction of sp³-hybridized carbons (Fsp3) is 0.375. The number of hydrogen-bond donors (Lipinski definition) is 1. The van der Waals surface area contributed by atoms with Crippen molar-refractivity contribution in [1.29, 1.82) is 0 Å². The van der Waals surface area contributed by atoms with Crippen molar-refractivity contribution in [1.82, 2.24) is 29.8 Å². The Hall–Kier alpha value is -3.64. The summed E-state index contributed by atoms with van der Waals surface area (Å²) in [6.45, 7) is 4.68. The molecule has 10 nitrogen and oxygen atoms in total. The second-order valence-electron chi connectivity index (χ2n) is 9.32. The van der Waals surface area contributed by atoms with Crippen molar-refractivity contribution >= 4 is 34.4 Å². The summed E-state index contributed by atoms with van der Waals surface area (Å²) >= 11 is 6.46. The Labute approximate surface area is 215 Å². The quantitative estimate of drug-likeness (QED) is 0.417. The number of amides is 1. The molecule has 192 valence electrons. The van der Waals surface area contributed by atoms with Crippen molar-refractivity contribution in [2.24, 2.45) is 0 Å². The largest absolute Gasteiger partial charge is 0.378 e. The number of tetrazole rings is 1. The molecule has 13 heteroatoms. The molecule has 1 saturated heterocycles. The number of rotatable bonds is 5. The van der Waals surface area contributed by atoms with Gasteiger partial charge in [0.05, 0.1) is 47.2 Å². The van der Waals surface area contributed by atoms with Crippen LogP contribution in [0.1, 0.15) is 34.8 Å². The molecule has 0 atom stereocenters. The number of alkyl halides is 2. The maximum atomic E-state index is 13.3. The second kappa shape index (κ2) is 9.03. The Morgan fingerprint density at radius 3 is 2.76 bits per heavy atom. The van der Waals surface area contributed by atoms with E-state index in [4.69, 9.17) is 16.3 Å². The lowest BCUT2D eigenvalue weighted by atomic mass is 9.89. The van der Waals surface area contributed by atoms with Crippen LogP contribution in [0.5, 0.6) is 0 Å². The summed E-state index contributed by atoms with van der Waals surface area (Å²) in [6.07, 6.45) is 2.71. The molecular formula is C24H23ClF2N8O2. The van der Waals surface area contributed by atoms with E-state index in [1.165, 1.54) is 11.0 Å². The second-order valence-corrected chi connectivity index (χ2v) is 9.73. The summed E-state index contributed by atoms with van der Waals surface area (Å²) in [4.78, 5) is 16.7. The third kappa shape index (κ3) is 4.51. The Kier molecular flexibility index (Phi) is 5.80. The van der Waals surface area contributed by atoms with E-state index in [0.29, 0.717) is 40.6 Å². The topological polar surface area (TPSA) is 102 Å². The first kappa shape index (κ1) is 23.7. The molecule has 3 aromatic heterocycles. The van der Waals surface area contributed by atoms with Crippen LogP contribution in [0.4, 0.5) is 20.2 Å². The highest BCUT2D eigenvalue weighted by Crippen LogP contribution is 2.44. The fourth-order valence-electron chi connectivity index (χ4n) is 4.64. The number of morpholine rings is 1. The number of benzene rings is 1. The van der Waals surface area contributed by atoms with Crippen LogP contribution in [0, 0.1) is 6.92 Å². The van der Waals surface area contributed by atoms with Gasteiger partial charge in [0.25, 0.3) is 11.8 Å². The minimum atomic E-state index is -2.69. The number of ether oxygens (including phenoxy) is 1. The lowest BCUT2D eigenvalue weighted by Gasteiger charge is -2.33. The van der Waals surface area contributed by atoms with Gasteiger partial charge in [-0.2, -0.15) is 9.90 Å².